The van der Waals surface area contributed by atoms with Crippen LogP contribution in [0, 0.1) is 0 Å². The highest BCUT2D eigenvalue weighted by molar-refractivity contribution is 7.89. The topological polar surface area (TPSA) is 92.7 Å². The molecule has 1 aliphatic rings. The molecule has 1 aromatic heterocycles. The van der Waals surface area contributed by atoms with E-state index in [0.29, 0.717) is 37.4 Å². The van der Waals surface area contributed by atoms with Gasteiger partial charge in [0.05, 0.1) is 4.90 Å². The molecule has 1 aliphatic heterocycles. The van der Waals surface area contributed by atoms with Gasteiger partial charge >= 0.3 is 0 Å². The van der Waals surface area contributed by atoms with Gasteiger partial charge in [0.1, 0.15) is 12.4 Å². The highest BCUT2D eigenvalue weighted by Gasteiger charge is 2.25. The van der Waals surface area contributed by atoms with Gasteiger partial charge in [-0.1, -0.05) is 0 Å². The van der Waals surface area contributed by atoms with Gasteiger partial charge in [-0.25, -0.2) is 22.7 Å². The molecule has 0 N–H and O–H groups in total. The van der Waals surface area contributed by atoms with Crippen molar-refractivity contribution in [3.05, 3.63) is 48.4 Å². The van der Waals surface area contributed by atoms with Crippen LogP contribution in [-0.2, 0) is 10.0 Å². The van der Waals surface area contributed by atoms with E-state index in [1.165, 1.54) is 32.6 Å². The lowest BCUT2D eigenvalue weighted by Gasteiger charge is -2.32. The Morgan fingerprint density at radius 2 is 1.81 bits per heavy atom. The lowest BCUT2D eigenvalue weighted by atomic mass is 10.1. The third-order valence-electron chi connectivity index (χ3n) is 4.45. The Hall–Kier alpha value is -2.52. The van der Waals surface area contributed by atoms with Gasteiger partial charge in [-0.05, 0) is 24.3 Å². The lowest BCUT2D eigenvalue weighted by Crippen LogP contribution is -2.41. The second kappa shape index (κ2) is 8.01. The summed E-state index contributed by atoms with van der Waals surface area (Å²) in [4.78, 5) is 22.5. The van der Waals surface area contributed by atoms with Crippen molar-refractivity contribution in [3.63, 3.8) is 0 Å². The van der Waals surface area contributed by atoms with Gasteiger partial charge in [-0.3, -0.25) is 4.79 Å². The molecule has 0 radical (unpaired) electrons. The largest absolute Gasteiger partial charge is 0.474 e. The van der Waals surface area contributed by atoms with Crippen LogP contribution in [-0.4, -0.2) is 66.8 Å². The predicted molar refractivity (Wildman–Crippen MR) is 98.9 cm³/mol. The number of hydrogen-bond donors (Lipinski definition) is 0. The number of piperidine rings is 1. The van der Waals surface area contributed by atoms with Crippen LogP contribution in [0.1, 0.15) is 23.2 Å². The highest BCUT2D eigenvalue weighted by Crippen LogP contribution is 2.20. The van der Waals surface area contributed by atoms with Crippen LogP contribution in [0.4, 0.5) is 0 Å². The molecule has 1 saturated heterocycles. The zero-order valence-electron chi connectivity index (χ0n) is 15.3. The molecule has 3 rings (SSSR count). The second-order valence-corrected chi connectivity index (χ2v) is 8.62. The van der Waals surface area contributed by atoms with Gasteiger partial charge in [0, 0.05) is 57.9 Å². The number of likely N-dealkylation sites (tertiary alicyclic amines) is 1. The minimum absolute atomic E-state index is 0.0107. The number of ether oxygens (including phenoxy) is 1. The number of carbonyl (C=O) groups is 1. The number of aromatic nitrogens is 2. The molecular formula is C18H22N4O4S. The summed E-state index contributed by atoms with van der Waals surface area (Å²) in [6.07, 6.45) is 4.50. The van der Waals surface area contributed by atoms with E-state index in [1.807, 2.05) is 0 Å². The van der Waals surface area contributed by atoms with Crippen LogP contribution < -0.4 is 4.74 Å². The number of hydrogen-bond acceptors (Lipinski definition) is 6. The summed E-state index contributed by atoms with van der Waals surface area (Å²) in [5.41, 5.74) is 0.475. The van der Waals surface area contributed by atoms with E-state index in [-0.39, 0.29) is 16.9 Å². The lowest BCUT2D eigenvalue weighted by molar-refractivity contribution is 0.0587. The minimum atomic E-state index is -3.50. The van der Waals surface area contributed by atoms with Crippen LogP contribution in [0.3, 0.4) is 0 Å². The van der Waals surface area contributed by atoms with Crippen LogP contribution in [0.5, 0.6) is 5.88 Å². The Kier molecular flexibility index (Phi) is 5.71. The van der Waals surface area contributed by atoms with E-state index in [4.69, 9.17) is 4.74 Å². The van der Waals surface area contributed by atoms with Crippen molar-refractivity contribution >= 4 is 15.9 Å². The molecule has 0 spiro atoms. The fourth-order valence-electron chi connectivity index (χ4n) is 2.86. The Morgan fingerprint density at radius 1 is 1.15 bits per heavy atom. The van der Waals surface area contributed by atoms with Crippen molar-refractivity contribution in [3.8, 4) is 5.88 Å². The molecule has 9 heteroatoms. The normalized spacial score (nSPS) is 15.7. The van der Waals surface area contributed by atoms with Gasteiger partial charge in [0.2, 0.25) is 15.9 Å². The molecule has 0 aliphatic carbocycles. The first-order valence-electron chi connectivity index (χ1n) is 8.62. The summed E-state index contributed by atoms with van der Waals surface area (Å²) in [5, 5.41) is 0. The molecule has 0 atom stereocenters. The summed E-state index contributed by atoms with van der Waals surface area (Å²) in [5.74, 6) is 0.428. The van der Waals surface area contributed by atoms with Crippen molar-refractivity contribution in [2.24, 2.45) is 0 Å². The van der Waals surface area contributed by atoms with Crippen molar-refractivity contribution in [2.45, 2.75) is 23.8 Å². The number of rotatable bonds is 5. The molecular weight excluding hydrogens is 368 g/mol. The summed E-state index contributed by atoms with van der Waals surface area (Å²) in [6.45, 7) is 1.15. The molecule has 1 amide bonds. The van der Waals surface area contributed by atoms with Crippen LogP contribution in [0.25, 0.3) is 0 Å². The van der Waals surface area contributed by atoms with E-state index >= 15 is 0 Å². The Labute approximate surface area is 158 Å². The first-order valence-corrected chi connectivity index (χ1v) is 10.1. The summed E-state index contributed by atoms with van der Waals surface area (Å²) >= 11 is 0. The van der Waals surface area contributed by atoms with Crippen LogP contribution >= 0.6 is 0 Å². The summed E-state index contributed by atoms with van der Waals surface area (Å²) < 4.78 is 31.2. The van der Waals surface area contributed by atoms with Gasteiger partial charge in [0.25, 0.3) is 5.91 Å². The molecule has 2 heterocycles. The average molecular weight is 390 g/mol. The molecule has 0 saturated carbocycles. The smallest absolute Gasteiger partial charge is 0.253 e. The fourth-order valence-corrected chi connectivity index (χ4v) is 3.76. The molecule has 2 aromatic rings. The molecule has 0 unspecified atom stereocenters. The standard InChI is InChI=1S/C18H22N4O4S/c1-21(2)27(24,25)16-5-3-14(4-6-16)18(23)22-11-8-15(9-12-22)26-17-7-10-19-13-20-17/h3-7,10,13,15H,8-9,11-12H2,1-2H3. The van der Waals surface area contributed by atoms with Crippen molar-refractivity contribution in [1.82, 2.24) is 19.2 Å². The van der Waals surface area contributed by atoms with Crippen molar-refractivity contribution < 1.29 is 17.9 Å². The van der Waals surface area contributed by atoms with Gasteiger partial charge < -0.3 is 9.64 Å². The van der Waals surface area contributed by atoms with E-state index in [2.05, 4.69) is 9.97 Å². The minimum Gasteiger partial charge on any atom is -0.474 e. The molecule has 1 aromatic carbocycles. The van der Waals surface area contributed by atoms with Crippen molar-refractivity contribution in [2.75, 3.05) is 27.2 Å². The first-order chi connectivity index (χ1) is 12.9. The monoisotopic (exact) mass is 390 g/mol. The highest BCUT2D eigenvalue weighted by atomic mass is 32.2. The SMILES string of the molecule is CN(C)S(=O)(=O)c1ccc(C(=O)N2CCC(Oc3ccncn3)CC2)cc1. The number of carbonyl (C=O) groups excluding carboxylic acids is 1. The molecule has 144 valence electrons. The predicted octanol–water partition coefficient (Wildman–Crippen LogP) is 1.41. The Bertz CT molecular complexity index is 877. The van der Waals surface area contributed by atoms with Crippen LogP contribution in [0.15, 0.2) is 47.8 Å². The first kappa shape index (κ1) is 19.2. The van der Waals surface area contributed by atoms with Crippen LogP contribution in [0.2, 0.25) is 0 Å². The average Bonchev–Trinajstić information content (AvgIpc) is 2.69. The Balaban J connectivity index is 1.59. The maximum Gasteiger partial charge on any atom is 0.253 e. The summed E-state index contributed by atoms with van der Waals surface area (Å²) in [7, 11) is -0.551. The number of nitrogens with zero attached hydrogens (tertiary/aromatic N) is 4. The van der Waals surface area contributed by atoms with E-state index in [0.717, 1.165) is 4.31 Å². The molecule has 27 heavy (non-hydrogen) atoms. The maximum absolute atomic E-state index is 12.7. The van der Waals surface area contributed by atoms with Gasteiger partial charge in [-0.15, -0.1) is 0 Å². The van der Waals surface area contributed by atoms with E-state index in [1.54, 1.807) is 29.3 Å². The fraction of sp³-hybridized carbons (Fsp3) is 0.389. The number of sulfonamides is 1. The zero-order valence-corrected chi connectivity index (χ0v) is 16.1. The molecule has 8 nitrogen and oxygen atoms in total. The van der Waals surface area contributed by atoms with Crippen molar-refractivity contribution in [1.29, 1.82) is 0 Å². The third-order valence-corrected chi connectivity index (χ3v) is 6.28. The van der Waals surface area contributed by atoms with Gasteiger partial charge in [-0.2, -0.15) is 0 Å². The number of benzene rings is 1. The second-order valence-electron chi connectivity index (χ2n) is 6.47. The zero-order chi connectivity index (χ0) is 19.4. The quantitative estimate of drug-likeness (QED) is 0.766. The Morgan fingerprint density at radius 3 is 2.37 bits per heavy atom. The summed E-state index contributed by atoms with van der Waals surface area (Å²) in [6, 6.07) is 7.76. The maximum atomic E-state index is 12.7. The molecule has 1 fully saturated rings. The third kappa shape index (κ3) is 4.42. The molecule has 0 bridgehead atoms. The van der Waals surface area contributed by atoms with Gasteiger partial charge in [0.15, 0.2) is 0 Å². The number of amides is 1. The van der Waals surface area contributed by atoms with E-state index in [9.17, 15) is 13.2 Å². The van der Waals surface area contributed by atoms with E-state index < -0.39 is 10.0 Å².